The van der Waals surface area contributed by atoms with Crippen molar-refractivity contribution in [3.05, 3.63) is 0 Å². The van der Waals surface area contributed by atoms with Gasteiger partial charge in [0.2, 0.25) is 5.91 Å². The summed E-state index contributed by atoms with van der Waals surface area (Å²) < 4.78 is 0. The lowest BCUT2D eigenvalue weighted by Crippen LogP contribution is -2.38. The Bertz CT molecular complexity index is 210. The van der Waals surface area contributed by atoms with Gasteiger partial charge in [-0.3, -0.25) is 4.79 Å². The molecular formula is C12H22ClNO. The van der Waals surface area contributed by atoms with Crippen LogP contribution >= 0.6 is 11.6 Å². The molecule has 3 heteroatoms. The molecule has 0 aliphatic heterocycles. The van der Waals surface area contributed by atoms with Gasteiger partial charge in [0.15, 0.2) is 0 Å². The second-order valence-corrected chi connectivity index (χ2v) is 5.48. The van der Waals surface area contributed by atoms with Gasteiger partial charge >= 0.3 is 0 Å². The Morgan fingerprint density at radius 3 is 2.53 bits per heavy atom. The molecule has 0 spiro atoms. The van der Waals surface area contributed by atoms with Crippen molar-refractivity contribution in [1.82, 2.24) is 5.32 Å². The van der Waals surface area contributed by atoms with E-state index in [0.717, 1.165) is 18.9 Å². The molecule has 0 bridgehead atoms. The molecule has 0 atom stereocenters. The van der Waals surface area contributed by atoms with E-state index >= 15 is 0 Å². The van der Waals surface area contributed by atoms with Crippen LogP contribution in [0.2, 0.25) is 0 Å². The maximum atomic E-state index is 11.7. The van der Waals surface area contributed by atoms with Crippen molar-refractivity contribution in [1.29, 1.82) is 0 Å². The van der Waals surface area contributed by atoms with Gasteiger partial charge in [0.1, 0.15) is 0 Å². The molecule has 0 unspecified atom stereocenters. The molecule has 1 rings (SSSR count). The topological polar surface area (TPSA) is 29.1 Å². The molecule has 88 valence electrons. The first-order chi connectivity index (χ1) is 7.06. The van der Waals surface area contributed by atoms with Gasteiger partial charge in [-0.25, -0.2) is 0 Å². The summed E-state index contributed by atoms with van der Waals surface area (Å²) >= 11 is 5.73. The molecule has 1 amide bonds. The van der Waals surface area contributed by atoms with Gasteiger partial charge in [0.25, 0.3) is 0 Å². The number of hydrogen-bond donors (Lipinski definition) is 1. The Morgan fingerprint density at radius 2 is 2.00 bits per heavy atom. The van der Waals surface area contributed by atoms with Crippen molar-refractivity contribution in [3.8, 4) is 0 Å². The molecule has 2 nitrogen and oxygen atoms in total. The highest BCUT2D eigenvalue weighted by Gasteiger charge is 2.26. The van der Waals surface area contributed by atoms with Gasteiger partial charge < -0.3 is 5.32 Å². The lowest BCUT2D eigenvalue weighted by Gasteiger charge is -2.20. The highest BCUT2D eigenvalue weighted by Crippen LogP contribution is 2.27. The van der Waals surface area contributed by atoms with E-state index in [9.17, 15) is 4.79 Å². The molecule has 1 N–H and O–H groups in total. The number of carbonyl (C=O) groups is 1. The summed E-state index contributed by atoms with van der Waals surface area (Å²) in [5.74, 6) is 1.29. The number of carbonyl (C=O) groups excluding carboxylic acids is 1. The zero-order chi connectivity index (χ0) is 11.3. The maximum Gasteiger partial charge on any atom is 0.226 e. The third-order valence-electron chi connectivity index (χ3n) is 3.26. The van der Waals surface area contributed by atoms with E-state index in [1.165, 1.54) is 25.7 Å². The molecule has 0 radical (unpaired) electrons. The molecule has 1 aliphatic rings. The summed E-state index contributed by atoms with van der Waals surface area (Å²) in [6.07, 6.45) is 6.55. The zero-order valence-corrected chi connectivity index (χ0v) is 10.6. The summed E-state index contributed by atoms with van der Waals surface area (Å²) in [6.45, 7) is 4.57. The minimum Gasteiger partial charge on any atom is -0.356 e. The van der Waals surface area contributed by atoms with Crippen LogP contribution in [-0.4, -0.2) is 18.3 Å². The molecule has 0 aromatic heterocycles. The van der Waals surface area contributed by atoms with E-state index in [2.05, 4.69) is 5.32 Å². The molecule has 0 heterocycles. The van der Waals surface area contributed by atoms with Gasteiger partial charge in [-0.05, 0) is 26.2 Å². The average molecular weight is 232 g/mol. The lowest BCUT2D eigenvalue weighted by molar-refractivity contribution is -0.128. The molecule has 0 aromatic carbocycles. The smallest absolute Gasteiger partial charge is 0.226 e. The maximum absolute atomic E-state index is 11.7. The molecule has 1 fully saturated rings. The normalized spacial score (nSPS) is 18.1. The quantitative estimate of drug-likeness (QED) is 0.725. The summed E-state index contributed by atoms with van der Waals surface area (Å²) in [4.78, 5) is 11.7. The zero-order valence-electron chi connectivity index (χ0n) is 9.81. The molecule has 15 heavy (non-hydrogen) atoms. The van der Waals surface area contributed by atoms with Crippen LogP contribution in [0.1, 0.15) is 46.0 Å². The number of nitrogens with one attached hydrogen (secondary N) is 1. The summed E-state index contributed by atoms with van der Waals surface area (Å²) in [6, 6.07) is 0. The third kappa shape index (κ3) is 4.02. The first-order valence-corrected chi connectivity index (χ1v) is 6.44. The Morgan fingerprint density at radius 1 is 1.40 bits per heavy atom. The number of halogens is 1. The number of alkyl halides is 1. The highest BCUT2D eigenvalue weighted by molar-refractivity contribution is 6.19. The predicted molar refractivity (Wildman–Crippen MR) is 64.1 cm³/mol. The molecule has 0 saturated heterocycles. The first kappa shape index (κ1) is 12.8. The number of hydrogen-bond acceptors (Lipinski definition) is 1. The predicted octanol–water partition coefficient (Wildman–Crippen LogP) is 2.95. The first-order valence-electron chi connectivity index (χ1n) is 5.90. The molecule has 1 saturated carbocycles. The SMILES string of the molecule is CC(C)(CCl)C(=O)NCCC1CCCC1. The standard InChI is InChI=1S/C12H22ClNO/c1-12(2,9-13)11(15)14-8-7-10-5-3-4-6-10/h10H,3-9H2,1-2H3,(H,14,15). The van der Waals surface area contributed by atoms with Crippen LogP contribution in [0.5, 0.6) is 0 Å². The van der Waals surface area contributed by atoms with Gasteiger partial charge in [-0.1, -0.05) is 25.7 Å². The van der Waals surface area contributed by atoms with E-state index in [1.807, 2.05) is 13.8 Å². The van der Waals surface area contributed by atoms with E-state index in [-0.39, 0.29) is 5.91 Å². The van der Waals surface area contributed by atoms with Gasteiger partial charge in [0.05, 0.1) is 5.41 Å². The van der Waals surface area contributed by atoms with E-state index in [4.69, 9.17) is 11.6 Å². The van der Waals surface area contributed by atoms with Crippen LogP contribution < -0.4 is 5.32 Å². The fraction of sp³-hybridized carbons (Fsp3) is 0.917. The van der Waals surface area contributed by atoms with Crippen molar-refractivity contribution in [2.24, 2.45) is 11.3 Å². The number of amides is 1. The van der Waals surface area contributed by atoms with Gasteiger partial charge in [-0.15, -0.1) is 11.6 Å². The van der Waals surface area contributed by atoms with Crippen LogP contribution in [0.4, 0.5) is 0 Å². The third-order valence-corrected chi connectivity index (χ3v) is 3.93. The largest absolute Gasteiger partial charge is 0.356 e. The Balaban J connectivity index is 2.16. The van der Waals surface area contributed by atoms with Crippen molar-refractivity contribution in [3.63, 3.8) is 0 Å². The fourth-order valence-electron chi connectivity index (χ4n) is 1.99. The lowest BCUT2D eigenvalue weighted by atomic mass is 9.95. The van der Waals surface area contributed by atoms with Gasteiger partial charge in [0, 0.05) is 12.4 Å². The average Bonchev–Trinajstić information content (AvgIpc) is 2.70. The second-order valence-electron chi connectivity index (χ2n) is 5.21. The second kappa shape index (κ2) is 5.74. The number of rotatable bonds is 5. The summed E-state index contributed by atoms with van der Waals surface area (Å²) in [7, 11) is 0. The molecule has 0 aromatic rings. The minimum absolute atomic E-state index is 0.0792. The Kier molecular flexibility index (Phi) is 4.91. The summed E-state index contributed by atoms with van der Waals surface area (Å²) in [5.41, 5.74) is -0.433. The monoisotopic (exact) mass is 231 g/mol. The van der Waals surface area contributed by atoms with E-state index in [1.54, 1.807) is 0 Å². The fourth-order valence-corrected chi connectivity index (χ4v) is 2.11. The van der Waals surface area contributed by atoms with E-state index in [0.29, 0.717) is 5.88 Å². The van der Waals surface area contributed by atoms with Crippen LogP contribution in [0.15, 0.2) is 0 Å². The summed E-state index contributed by atoms with van der Waals surface area (Å²) in [5, 5.41) is 2.98. The van der Waals surface area contributed by atoms with E-state index < -0.39 is 5.41 Å². The van der Waals surface area contributed by atoms with Crippen LogP contribution in [-0.2, 0) is 4.79 Å². The molecular weight excluding hydrogens is 210 g/mol. The van der Waals surface area contributed by atoms with Crippen molar-refractivity contribution < 1.29 is 4.79 Å². The highest BCUT2D eigenvalue weighted by atomic mass is 35.5. The van der Waals surface area contributed by atoms with Crippen LogP contribution in [0.25, 0.3) is 0 Å². The van der Waals surface area contributed by atoms with Crippen molar-refractivity contribution >= 4 is 17.5 Å². The van der Waals surface area contributed by atoms with Crippen LogP contribution in [0.3, 0.4) is 0 Å². The van der Waals surface area contributed by atoms with Crippen molar-refractivity contribution in [2.75, 3.05) is 12.4 Å². The molecule has 1 aliphatic carbocycles. The van der Waals surface area contributed by atoms with Gasteiger partial charge in [-0.2, -0.15) is 0 Å². The van der Waals surface area contributed by atoms with Crippen LogP contribution in [0, 0.1) is 11.3 Å². The Labute approximate surface area is 97.8 Å². The Hall–Kier alpha value is -0.240. The van der Waals surface area contributed by atoms with Crippen molar-refractivity contribution in [2.45, 2.75) is 46.0 Å². The minimum atomic E-state index is -0.433.